The predicted molar refractivity (Wildman–Crippen MR) is 61.0 cm³/mol. The summed E-state index contributed by atoms with van der Waals surface area (Å²) < 4.78 is 5.53. The van der Waals surface area contributed by atoms with E-state index in [1.807, 2.05) is 0 Å². The maximum absolute atomic E-state index is 5.89. The van der Waals surface area contributed by atoms with Crippen molar-refractivity contribution in [3.05, 3.63) is 29.4 Å². The molecule has 0 saturated carbocycles. The first-order valence-corrected chi connectivity index (χ1v) is 4.97. The van der Waals surface area contributed by atoms with Crippen molar-refractivity contribution in [2.45, 2.75) is 0 Å². The van der Waals surface area contributed by atoms with Gasteiger partial charge in [-0.2, -0.15) is 5.10 Å². The van der Waals surface area contributed by atoms with E-state index in [1.165, 1.54) is 0 Å². The number of nitrogens with zero attached hydrogens (tertiary/aromatic N) is 2. The Bertz CT molecular complexity index is 605. The van der Waals surface area contributed by atoms with Crippen LogP contribution in [0, 0.1) is 0 Å². The third-order valence-corrected chi connectivity index (χ3v) is 2.57. The van der Waals surface area contributed by atoms with E-state index in [4.69, 9.17) is 21.8 Å². The Labute approximate surface area is 95.2 Å². The van der Waals surface area contributed by atoms with Crippen LogP contribution in [0.4, 0.5) is 5.69 Å². The third kappa shape index (κ3) is 1.33. The zero-order chi connectivity index (χ0) is 11.1. The molecule has 3 N–H and O–H groups in total. The lowest BCUT2D eigenvalue weighted by atomic mass is 10.3. The largest absolute Gasteiger partial charge is 0.435 e. The van der Waals surface area contributed by atoms with Crippen molar-refractivity contribution in [1.82, 2.24) is 15.2 Å². The van der Waals surface area contributed by atoms with Gasteiger partial charge in [-0.15, -0.1) is 0 Å². The monoisotopic (exact) mass is 234 g/mol. The van der Waals surface area contributed by atoms with Crippen LogP contribution in [0.25, 0.3) is 22.7 Å². The van der Waals surface area contributed by atoms with Gasteiger partial charge in [0, 0.05) is 12.3 Å². The van der Waals surface area contributed by atoms with Gasteiger partial charge in [0.1, 0.15) is 11.2 Å². The highest BCUT2D eigenvalue weighted by Crippen LogP contribution is 2.28. The number of benzene rings is 1. The first kappa shape index (κ1) is 9.23. The molecular formula is C10H7ClN4O. The topological polar surface area (TPSA) is 80.7 Å². The molecule has 0 fully saturated rings. The quantitative estimate of drug-likeness (QED) is 0.634. The fraction of sp³-hybridized carbons (Fsp3) is 0. The van der Waals surface area contributed by atoms with E-state index >= 15 is 0 Å². The normalized spacial score (nSPS) is 11.1. The van der Waals surface area contributed by atoms with Crippen molar-refractivity contribution in [3.63, 3.8) is 0 Å². The molecule has 0 bridgehead atoms. The average Bonchev–Trinajstić information content (AvgIpc) is 2.86. The molecule has 0 unspecified atom stereocenters. The molecule has 0 spiro atoms. The Kier molecular flexibility index (Phi) is 1.87. The number of hydrogen-bond donors (Lipinski definition) is 2. The van der Waals surface area contributed by atoms with Gasteiger partial charge in [0.15, 0.2) is 5.58 Å². The second-order valence-corrected chi connectivity index (χ2v) is 3.74. The van der Waals surface area contributed by atoms with Crippen LogP contribution in [0.2, 0.25) is 5.02 Å². The predicted octanol–water partition coefficient (Wildman–Crippen LogP) is 2.45. The minimum atomic E-state index is 0.467. The molecule has 3 rings (SSSR count). The van der Waals surface area contributed by atoms with E-state index in [0.29, 0.717) is 33.4 Å². The first-order chi connectivity index (χ1) is 7.74. The lowest BCUT2D eigenvalue weighted by Crippen LogP contribution is -1.84. The molecule has 0 aliphatic carbocycles. The van der Waals surface area contributed by atoms with Crippen LogP contribution in [-0.4, -0.2) is 15.2 Å². The third-order valence-electron chi connectivity index (χ3n) is 2.24. The van der Waals surface area contributed by atoms with E-state index in [2.05, 4.69) is 15.2 Å². The standard InChI is InChI=1S/C10H7ClN4O/c11-5-3-8-9(4-6(5)12)16-10(14-8)7-1-2-13-15-7/h1-4H,12H2,(H,13,15). The molecule has 1 aromatic carbocycles. The molecule has 0 aliphatic heterocycles. The molecule has 3 aromatic rings. The molecular weight excluding hydrogens is 228 g/mol. The van der Waals surface area contributed by atoms with E-state index in [9.17, 15) is 0 Å². The van der Waals surface area contributed by atoms with Gasteiger partial charge in [-0.3, -0.25) is 5.10 Å². The summed E-state index contributed by atoms with van der Waals surface area (Å²) >= 11 is 5.89. The Morgan fingerprint density at radius 1 is 1.38 bits per heavy atom. The molecule has 5 nitrogen and oxygen atoms in total. The van der Waals surface area contributed by atoms with Crippen LogP contribution in [0.1, 0.15) is 0 Å². The van der Waals surface area contributed by atoms with Gasteiger partial charge < -0.3 is 10.2 Å². The first-order valence-electron chi connectivity index (χ1n) is 4.59. The number of fused-ring (bicyclic) bond motifs is 1. The van der Waals surface area contributed by atoms with Gasteiger partial charge in [-0.05, 0) is 12.1 Å². The second-order valence-electron chi connectivity index (χ2n) is 3.33. The number of aromatic nitrogens is 3. The van der Waals surface area contributed by atoms with E-state index in [0.717, 1.165) is 0 Å². The zero-order valence-electron chi connectivity index (χ0n) is 8.07. The Morgan fingerprint density at radius 3 is 3.00 bits per heavy atom. The Morgan fingerprint density at radius 2 is 2.25 bits per heavy atom. The fourth-order valence-corrected chi connectivity index (χ4v) is 1.61. The van der Waals surface area contributed by atoms with Crippen LogP contribution in [0.3, 0.4) is 0 Å². The van der Waals surface area contributed by atoms with Gasteiger partial charge in [0.2, 0.25) is 5.89 Å². The van der Waals surface area contributed by atoms with Gasteiger partial charge in [-0.1, -0.05) is 11.6 Å². The van der Waals surface area contributed by atoms with Crippen molar-refractivity contribution in [2.75, 3.05) is 5.73 Å². The molecule has 0 amide bonds. The number of hydrogen-bond acceptors (Lipinski definition) is 4. The molecule has 0 saturated heterocycles. The fourth-order valence-electron chi connectivity index (χ4n) is 1.45. The highest BCUT2D eigenvalue weighted by atomic mass is 35.5. The summed E-state index contributed by atoms with van der Waals surface area (Å²) in [5, 5.41) is 7.07. The zero-order valence-corrected chi connectivity index (χ0v) is 8.82. The molecule has 6 heteroatoms. The number of aromatic amines is 1. The average molecular weight is 235 g/mol. The summed E-state index contributed by atoms with van der Waals surface area (Å²) in [6, 6.07) is 5.11. The molecule has 2 aromatic heterocycles. The molecule has 80 valence electrons. The van der Waals surface area contributed by atoms with Crippen molar-refractivity contribution in [2.24, 2.45) is 0 Å². The van der Waals surface area contributed by atoms with Gasteiger partial charge >= 0.3 is 0 Å². The highest BCUT2D eigenvalue weighted by Gasteiger charge is 2.10. The minimum absolute atomic E-state index is 0.467. The van der Waals surface area contributed by atoms with E-state index in [-0.39, 0.29) is 0 Å². The second kappa shape index (κ2) is 3.24. The molecule has 0 aliphatic rings. The maximum atomic E-state index is 5.89. The smallest absolute Gasteiger partial charge is 0.245 e. The molecule has 0 radical (unpaired) electrons. The summed E-state index contributed by atoms with van der Waals surface area (Å²) in [5.41, 5.74) is 8.13. The van der Waals surface area contributed by atoms with Crippen LogP contribution in [0.5, 0.6) is 0 Å². The lowest BCUT2D eigenvalue weighted by molar-refractivity contribution is 0.616. The van der Waals surface area contributed by atoms with Gasteiger partial charge in [-0.25, -0.2) is 4.98 Å². The Hall–Kier alpha value is -2.01. The Balaban J connectivity index is 2.23. The molecule has 16 heavy (non-hydrogen) atoms. The number of nitrogen functional groups attached to an aromatic ring is 1. The number of anilines is 1. The number of H-pyrrole nitrogens is 1. The SMILES string of the molecule is Nc1cc2oc(-c3ccn[nH]3)nc2cc1Cl. The van der Waals surface area contributed by atoms with E-state index in [1.54, 1.807) is 24.4 Å². The minimum Gasteiger partial charge on any atom is -0.435 e. The highest BCUT2D eigenvalue weighted by molar-refractivity contribution is 6.33. The molecule has 0 atom stereocenters. The van der Waals surface area contributed by atoms with Gasteiger partial charge in [0.05, 0.1) is 10.7 Å². The summed E-state index contributed by atoms with van der Waals surface area (Å²) in [6.07, 6.45) is 1.63. The number of rotatable bonds is 1. The van der Waals surface area contributed by atoms with Crippen LogP contribution in [-0.2, 0) is 0 Å². The van der Waals surface area contributed by atoms with Crippen LogP contribution in [0.15, 0.2) is 28.8 Å². The van der Waals surface area contributed by atoms with Crippen LogP contribution < -0.4 is 5.73 Å². The summed E-state index contributed by atoms with van der Waals surface area (Å²) in [6.45, 7) is 0. The number of oxazole rings is 1. The number of nitrogens with one attached hydrogen (secondary N) is 1. The summed E-state index contributed by atoms with van der Waals surface area (Å²) in [5.74, 6) is 0.467. The maximum Gasteiger partial charge on any atom is 0.245 e. The van der Waals surface area contributed by atoms with Crippen molar-refractivity contribution in [1.29, 1.82) is 0 Å². The summed E-state index contributed by atoms with van der Waals surface area (Å²) in [7, 11) is 0. The lowest BCUT2D eigenvalue weighted by Gasteiger charge is -1.94. The summed E-state index contributed by atoms with van der Waals surface area (Å²) in [4.78, 5) is 4.28. The van der Waals surface area contributed by atoms with Crippen molar-refractivity contribution < 1.29 is 4.42 Å². The van der Waals surface area contributed by atoms with Crippen LogP contribution >= 0.6 is 11.6 Å². The molecule has 2 heterocycles. The number of halogens is 1. The van der Waals surface area contributed by atoms with E-state index < -0.39 is 0 Å². The number of nitrogens with two attached hydrogens (primary N) is 1. The van der Waals surface area contributed by atoms with Crippen molar-refractivity contribution in [3.8, 4) is 11.6 Å². The van der Waals surface area contributed by atoms with Gasteiger partial charge in [0.25, 0.3) is 0 Å². The van der Waals surface area contributed by atoms with Crippen molar-refractivity contribution >= 4 is 28.4 Å².